The number of hydrogen-bond donors (Lipinski definition) is 2. The molecule has 2 saturated heterocycles. The maximum absolute atomic E-state index is 12.9. The van der Waals surface area contributed by atoms with Crippen LogP contribution < -0.4 is 10.7 Å². The van der Waals surface area contributed by atoms with Crippen LogP contribution >= 0.6 is 0 Å². The van der Waals surface area contributed by atoms with Crippen molar-refractivity contribution >= 4 is 11.7 Å². The van der Waals surface area contributed by atoms with E-state index in [-0.39, 0.29) is 17.7 Å². The summed E-state index contributed by atoms with van der Waals surface area (Å²) in [5, 5.41) is 4.64. The van der Waals surface area contributed by atoms with Crippen molar-refractivity contribution in [1.29, 1.82) is 0 Å². The average Bonchev–Trinajstić information content (AvgIpc) is 3.15. The molecule has 6 nitrogen and oxygen atoms in total. The van der Waals surface area contributed by atoms with E-state index < -0.39 is 12.1 Å². The summed E-state index contributed by atoms with van der Waals surface area (Å²) < 4.78 is 5.93. The number of Topliss-reactive ketones (excluding diaryl/α,β-unsaturated/α-hetero) is 1. The quantitative estimate of drug-likeness (QED) is 0.810. The van der Waals surface area contributed by atoms with E-state index in [9.17, 15) is 9.59 Å². The molecule has 1 aromatic carbocycles. The molecule has 130 valence electrons. The van der Waals surface area contributed by atoms with Gasteiger partial charge < -0.3 is 10.1 Å². The second-order valence-corrected chi connectivity index (χ2v) is 6.88. The smallest absolute Gasteiger partial charge is 0.266 e. The molecule has 0 spiro atoms. The molecule has 0 aliphatic carbocycles. The summed E-state index contributed by atoms with van der Waals surface area (Å²) in [5.41, 5.74) is 4.09. The standard InChI is InChI=1S/C18H25N3O3/c1-12(2)8-16(24-11-13-6-4-3-5-7-13)18(23)21-17-14(9-20-21)19-10-15(17)22/h3-7,12,14,16-17,19-20H,8-11H2,1-2H3/t14-,16+,17+/m1/s1. The molecular weight excluding hydrogens is 306 g/mol. The molecule has 3 rings (SSSR count). The molecule has 2 aliphatic rings. The van der Waals surface area contributed by atoms with E-state index in [1.54, 1.807) is 0 Å². The molecule has 0 bridgehead atoms. The maximum Gasteiger partial charge on any atom is 0.266 e. The van der Waals surface area contributed by atoms with E-state index in [0.29, 0.717) is 32.0 Å². The number of fused-ring (bicyclic) bond motifs is 1. The van der Waals surface area contributed by atoms with E-state index >= 15 is 0 Å². The molecular formula is C18H25N3O3. The SMILES string of the molecule is CC(C)C[C@H](OCc1ccccc1)C(=O)N1NC[C@H]2NCC(=O)[C@H]21. The molecule has 2 N–H and O–H groups in total. The van der Waals surface area contributed by atoms with Crippen molar-refractivity contribution in [2.45, 2.75) is 45.1 Å². The molecule has 0 radical (unpaired) electrons. The maximum atomic E-state index is 12.9. The van der Waals surface area contributed by atoms with Crippen LogP contribution in [-0.4, -0.2) is 48.0 Å². The highest BCUT2D eigenvalue weighted by molar-refractivity contribution is 5.94. The van der Waals surface area contributed by atoms with Gasteiger partial charge in [0.05, 0.1) is 19.2 Å². The topological polar surface area (TPSA) is 70.7 Å². The first-order chi connectivity index (χ1) is 11.6. The second kappa shape index (κ2) is 7.42. The molecule has 24 heavy (non-hydrogen) atoms. The first-order valence-electron chi connectivity index (χ1n) is 8.54. The Balaban J connectivity index is 1.68. The highest BCUT2D eigenvalue weighted by Crippen LogP contribution is 2.20. The molecule has 0 aromatic heterocycles. The average molecular weight is 331 g/mol. The van der Waals surface area contributed by atoms with Crippen LogP contribution in [0.4, 0.5) is 0 Å². The molecule has 6 heteroatoms. The van der Waals surface area contributed by atoms with Crippen molar-refractivity contribution in [3.05, 3.63) is 35.9 Å². The lowest BCUT2D eigenvalue weighted by Gasteiger charge is -2.27. The van der Waals surface area contributed by atoms with Gasteiger partial charge in [-0.05, 0) is 17.9 Å². The zero-order valence-corrected chi connectivity index (χ0v) is 14.2. The molecule has 1 amide bonds. The van der Waals surface area contributed by atoms with Gasteiger partial charge in [0.1, 0.15) is 12.1 Å². The fourth-order valence-electron chi connectivity index (χ4n) is 3.28. The third kappa shape index (κ3) is 3.66. The van der Waals surface area contributed by atoms with Crippen LogP contribution in [0.1, 0.15) is 25.8 Å². The Morgan fingerprint density at radius 1 is 1.33 bits per heavy atom. The van der Waals surface area contributed by atoms with Crippen LogP contribution in [-0.2, 0) is 20.9 Å². The van der Waals surface area contributed by atoms with Gasteiger partial charge in [-0.1, -0.05) is 44.2 Å². The number of nitrogens with one attached hydrogen (secondary N) is 2. The van der Waals surface area contributed by atoms with Crippen LogP contribution in [0.15, 0.2) is 30.3 Å². The lowest BCUT2D eigenvalue weighted by molar-refractivity contribution is -0.152. The molecule has 2 aliphatic heterocycles. The van der Waals surface area contributed by atoms with Gasteiger partial charge in [0.25, 0.3) is 5.91 Å². The Bertz CT molecular complexity index is 590. The summed E-state index contributed by atoms with van der Waals surface area (Å²) in [6, 6.07) is 9.41. The van der Waals surface area contributed by atoms with Gasteiger partial charge in [-0.2, -0.15) is 0 Å². The van der Waals surface area contributed by atoms with Crippen LogP contribution in [0.2, 0.25) is 0 Å². The van der Waals surface area contributed by atoms with Gasteiger partial charge in [-0.25, -0.2) is 5.43 Å². The van der Waals surface area contributed by atoms with Crippen LogP contribution in [0.5, 0.6) is 0 Å². The van der Waals surface area contributed by atoms with Gasteiger partial charge in [0.15, 0.2) is 5.78 Å². The first-order valence-corrected chi connectivity index (χ1v) is 8.54. The van der Waals surface area contributed by atoms with Crippen molar-refractivity contribution < 1.29 is 14.3 Å². The largest absolute Gasteiger partial charge is 0.364 e. The number of rotatable bonds is 6. The molecule has 1 aromatic rings. The van der Waals surface area contributed by atoms with Gasteiger partial charge in [-0.15, -0.1) is 0 Å². The Kier molecular flexibility index (Phi) is 5.28. The number of ketones is 1. The first kappa shape index (κ1) is 17.1. The number of ether oxygens (including phenoxy) is 1. The van der Waals surface area contributed by atoms with Gasteiger partial charge >= 0.3 is 0 Å². The van der Waals surface area contributed by atoms with Crippen molar-refractivity contribution in [2.24, 2.45) is 5.92 Å². The van der Waals surface area contributed by atoms with Crippen molar-refractivity contribution in [3.63, 3.8) is 0 Å². The molecule has 0 saturated carbocycles. The molecule has 3 atom stereocenters. The number of amides is 1. The van der Waals surface area contributed by atoms with Crippen LogP contribution in [0.25, 0.3) is 0 Å². The Labute approximate surface area is 142 Å². The van der Waals surface area contributed by atoms with E-state index in [1.807, 2.05) is 30.3 Å². The van der Waals surface area contributed by atoms with Crippen LogP contribution in [0.3, 0.4) is 0 Å². The van der Waals surface area contributed by atoms with E-state index in [0.717, 1.165) is 5.56 Å². The van der Waals surface area contributed by atoms with E-state index in [4.69, 9.17) is 4.74 Å². The minimum absolute atomic E-state index is 0.00951. The summed E-state index contributed by atoms with van der Waals surface area (Å²) in [6.45, 7) is 5.44. The summed E-state index contributed by atoms with van der Waals surface area (Å²) in [6.07, 6.45) is 0.0768. The van der Waals surface area contributed by atoms with Gasteiger partial charge in [-0.3, -0.25) is 14.6 Å². The minimum Gasteiger partial charge on any atom is -0.364 e. The van der Waals surface area contributed by atoms with Crippen molar-refractivity contribution in [2.75, 3.05) is 13.1 Å². The lowest BCUT2D eigenvalue weighted by Crippen LogP contribution is -2.51. The highest BCUT2D eigenvalue weighted by atomic mass is 16.5. The minimum atomic E-state index is -0.551. The van der Waals surface area contributed by atoms with Crippen molar-refractivity contribution in [3.8, 4) is 0 Å². The Morgan fingerprint density at radius 2 is 2.08 bits per heavy atom. The third-order valence-electron chi connectivity index (χ3n) is 4.50. The van der Waals surface area contributed by atoms with Gasteiger partial charge in [0, 0.05) is 6.54 Å². The molecule has 2 fully saturated rings. The fraction of sp³-hybridized carbons (Fsp3) is 0.556. The van der Waals surface area contributed by atoms with Crippen LogP contribution in [0, 0.1) is 5.92 Å². The number of carbonyl (C=O) groups is 2. The fourth-order valence-corrected chi connectivity index (χ4v) is 3.28. The summed E-state index contributed by atoms with van der Waals surface area (Å²) >= 11 is 0. The number of hydrogen-bond acceptors (Lipinski definition) is 5. The highest BCUT2D eigenvalue weighted by Gasteiger charge is 2.47. The van der Waals surface area contributed by atoms with Gasteiger partial charge in [0.2, 0.25) is 0 Å². The lowest BCUT2D eigenvalue weighted by atomic mass is 10.0. The Hall–Kier alpha value is -1.76. The second-order valence-electron chi connectivity index (χ2n) is 6.88. The van der Waals surface area contributed by atoms with E-state index in [1.165, 1.54) is 5.01 Å². The predicted molar refractivity (Wildman–Crippen MR) is 89.9 cm³/mol. The third-order valence-corrected chi connectivity index (χ3v) is 4.50. The zero-order chi connectivity index (χ0) is 17.1. The summed E-state index contributed by atoms with van der Waals surface area (Å²) in [5.74, 6) is 0.236. The van der Waals surface area contributed by atoms with E-state index in [2.05, 4.69) is 24.6 Å². The van der Waals surface area contributed by atoms with Crippen molar-refractivity contribution in [1.82, 2.24) is 15.8 Å². The summed E-state index contributed by atoms with van der Waals surface area (Å²) in [4.78, 5) is 25.0. The number of carbonyl (C=O) groups excluding carboxylic acids is 2. The number of hydrazine groups is 1. The monoisotopic (exact) mass is 331 g/mol. The summed E-state index contributed by atoms with van der Waals surface area (Å²) in [7, 11) is 0. The zero-order valence-electron chi connectivity index (χ0n) is 14.2. The Morgan fingerprint density at radius 3 is 2.79 bits per heavy atom. The number of benzene rings is 1. The predicted octanol–water partition coefficient (Wildman–Crippen LogP) is 0.874. The number of nitrogens with zero attached hydrogens (tertiary/aromatic N) is 1. The molecule has 2 heterocycles. The normalized spacial score (nSPS) is 24.5. The molecule has 0 unspecified atom stereocenters.